The second-order valence-corrected chi connectivity index (χ2v) is 2.71. The van der Waals surface area contributed by atoms with E-state index in [2.05, 4.69) is 0 Å². The summed E-state index contributed by atoms with van der Waals surface area (Å²) in [6.07, 6.45) is 0. The molecule has 0 spiro atoms. The third-order valence-electron chi connectivity index (χ3n) is 1.78. The maximum Gasteiger partial charge on any atom is 0.519 e. The van der Waals surface area contributed by atoms with Crippen LogP contribution in [0, 0.1) is 6.92 Å². The molecule has 0 unspecified atom stereocenters. The van der Waals surface area contributed by atoms with Crippen LogP contribution < -0.4 is 5.82 Å². The predicted octanol–water partition coefficient (Wildman–Crippen LogP) is 2.21. The van der Waals surface area contributed by atoms with E-state index in [0.29, 0.717) is 11.5 Å². The SMILES string of the molecule is Cc1oc(=O)oc1-c1ccccc1. The molecule has 1 aromatic heterocycles. The summed E-state index contributed by atoms with van der Waals surface area (Å²) in [5.41, 5.74) is 0.853. The van der Waals surface area contributed by atoms with Gasteiger partial charge in [0.2, 0.25) is 0 Å². The van der Waals surface area contributed by atoms with Crippen LogP contribution in [0.4, 0.5) is 0 Å². The standard InChI is InChI=1S/C10H8O3/c1-7-9(13-10(11)12-7)8-5-3-2-4-6-8/h2-6H,1H3. The molecule has 0 N–H and O–H groups in total. The van der Waals surface area contributed by atoms with Crippen LogP contribution in [0.5, 0.6) is 0 Å². The van der Waals surface area contributed by atoms with Crippen LogP contribution in [0.2, 0.25) is 0 Å². The number of aryl methyl sites for hydroxylation is 1. The molecular formula is C10H8O3. The molecule has 2 aromatic rings. The van der Waals surface area contributed by atoms with Crippen molar-refractivity contribution in [3.63, 3.8) is 0 Å². The van der Waals surface area contributed by atoms with Crippen LogP contribution in [0.3, 0.4) is 0 Å². The van der Waals surface area contributed by atoms with Crippen LogP contribution in [0.15, 0.2) is 44.0 Å². The van der Waals surface area contributed by atoms with Crippen molar-refractivity contribution in [2.24, 2.45) is 0 Å². The quantitative estimate of drug-likeness (QED) is 0.669. The third kappa shape index (κ3) is 1.40. The Hall–Kier alpha value is -1.77. The Labute approximate surface area is 74.6 Å². The van der Waals surface area contributed by atoms with Gasteiger partial charge in [0.25, 0.3) is 0 Å². The van der Waals surface area contributed by atoms with Crippen molar-refractivity contribution in [3.05, 3.63) is 46.7 Å². The van der Waals surface area contributed by atoms with Gasteiger partial charge in [-0.15, -0.1) is 0 Å². The fourth-order valence-corrected chi connectivity index (χ4v) is 1.20. The predicted molar refractivity (Wildman–Crippen MR) is 47.4 cm³/mol. The van der Waals surface area contributed by atoms with Crippen molar-refractivity contribution < 1.29 is 8.83 Å². The molecule has 0 saturated carbocycles. The second kappa shape index (κ2) is 2.94. The third-order valence-corrected chi connectivity index (χ3v) is 1.78. The first kappa shape index (κ1) is 7.86. The van der Waals surface area contributed by atoms with Gasteiger partial charge in [-0.05, 0) is 6.92 Å². The molecule has 1 aromatic carbocycles. The van der Waals surface area contributed by atoms with E-state index < -0.39 is 5.82 Å². The summed E-state index contributed by atoms with van der Waals surface area (Å²) in [4.78, 5) is 10.8. The number of hydrogen-bond donors (Lipinski definition) is 0. The molecule has 1 heterocycles. The molecule has 3 nitrogen and oxygen atoms in total. The highest BCUT2D eigenvalue weighted by Crippen LogP contribution is 2.21. The first-order valence-electron chi connectivity index (χ1n) is 3.93. The Morgan fingerprint density at radius 3 is 2.31 bits per heavy atom. The molecule has 13 heavy (non-hydrogen) atoms. The van der Waals surface area contributed by atoms with E-state index in [-0.39, 0.29) is 0 Å². The van der Waals surface area contributed by atoms with Gasteiger partial charge in [0.05, 0.1) is 0 Å². The second-order valence-electron chi connectivity index (χ2n) is 2.71. The zero-order chi connectivity index (χ0) is 9.26. The van der Waals surface area contributed by atoms with Gasteiger partial charge in [-0.25, -0.2) is 4.79 Å². The van der Waals surface area contributed by atoms with Gasteiger partial charge in [-0.1, -0.05) is 30.3 Å². The average Bonchev–Trinajstić information content (AvgIpc) is 2.47. The normalized spacial score (nSPS) is 10.2. The maximum absolute atomic E-state index is 10.8. The Bertz CT molecular complexity index is 451. The average molecular weight is 176 g/mol. The molecule has 0 aliphatic rings. The van der Waals surface area contributed by atoms with E-state index in [9.17, 15) is 4.79 Å². The smallest absolute Gasteiger partial charge is 0.396 e. The van der Waals surface area contributed by atoms with Crippen molar-refractivity contribution in [2.75, 3.05) is 0 Å². The molecule has 0 aliphatic heterocycles. The molecule has 0 amide bonds. The Kier molecular flexibility index (Phi) is 1.77. The molecule has 0 radical (unpaired) electrons. The lowest BCUT2D eigenvalue weighted by atomic mass is 10.1. The van der Waals surface area contributed by atoms with Crippen LogP contribution >= 0.6 is 0 Å². The molecule has 0 bridgehead atoms. The lowest BCUT2D eigenvalue weighted by Crippen LogP contribution is -1.85. The van der Waals surface area contributed by atoms with Gasteiger partial charge in [0.15, 0.2) is 11.5 Å². The van der Waals surface area contributed by atoms with Gasteiger partial charge in [-0.3, -0.25) is 0 Å². The fourth-order valence-electron chi connectivity index (χ4n) is 1.20. The van der Waals surface area contributed by atoms with Gasteiger partial charge < -0.3 is 8.83 Å². The lowest BCUT2D eigenvalue weighted by Gasteiger charge is -1.93. The van der Waals surface area contributed by atoms with E-state index in [0.717, 1.165) is 5.56 Å². The van der Waals surface area contributed by atoms with E-state index in [4.69, 9.17) is 8.83 Å². The van der Waals surface area contributed by atoms with Crippen LogP contribution in [0.1, 0.15) is 5.76 Å². The number of rotatable bonds is 1. The summed E-state index contributed by atoms with van der Waals surface area (Å²) >= 11 is 0. The highest BCUT2D eigenvalue weighted by Gasteiger charge is 2.09. The van der Waals surface area contributed by atoms with Crippen LogP contribution in [-0.2, 0) is 0 Å². The zero-order valence-corrected chi connectivity index (χ0v) is 7.11. The molecule has 2 rings (SSSR count). The number of benzene rings is 1. The molecular weight excluding hydrogens is 168 g/mol. The first-order chi connectivity index (χ1) is 6.27. The van der Waals surface area contributed by atoms with Crippen molar-refractivity contribution in [3.8, 4) is 11.3 Å². The van der Waals surface area contributed by atoms with Crippen molar-refractivity contribution >= 4 is 0 Å². The molecule has 0 fully saturated rings. The Balaban J connectivity index is 2.59. The minimum Gasteiger partial charge on any atom is -0.396 e. The maximum atomic E-state index is 10.8. The van der Waals surface area contributed by atoms with Gasteiger partial charge in [-0.2, -0.15) is 0 Å². The topological polar surface area (TPSA) is 43.4 Å². The fraction of sp³-hybridized carbons (Fsp3) is 0.100. The molecule has 0 saturated heterocycles. The molecule has 66 valence electrons. The minimum absolute atomic E-state index is 0.505. The van der Waals surface area contributed by atoms with Gasteiger partial charge in [0.1, 0.15) is 0 Å². The van der Waals surface area contributed by atoms with Gasteiger partial charge >= 0.3 is 5.82 Å². The molecule has 3 heteroatoms. The highest BCUT2D eigenvalue weighted by molar-refractivity contribution is 5.58. The van der Waals surface area contributed by atoms with Crippen LogP contribution in [0.25, 0.3) is 11.3 Å². The van der Waals surface area contributed by atoms with Crippen molar-refractivity contribution in [1.29, 1.82) is 0 Å². The first-order valence-corrected chi connectivity index (χ1v) is 3.93. The summed E-state index contributed by atoms with van der Waals surface area (Å²) in [6, 6.07) is 9.38. The molecule has 0 aliphatic carbocycles. The van der Waals surface area contributed by atoms with Gasteiger partial charge in [0, 0.05) is 5.56 Å². The van der Waals surface area contributed by atoms with Crippen molar-refractivity contribution in [1.82, 2.24) is 0 Å². The summed E-state index contributed by atoms with van der Waals surface area (Å²) < 4.78 is 9.62. The summed E-state index contributed by atoms with van der Waals surface area (Å²) in [6.45, 7) is 1.70. The van der Waals surface area contributed by atoms with E-state index in [1.165, 1.54) is 0 Å². The van der Waals surface area contributed by atoms with Crippen LogP contribution in [-0.4, -0.2) is 0 Å². The number of hydrogen-bond acceptors (Lipinski definition) is 3. The minimum atomic E-state index is -0.656. The summed E-state index contributed by atoms with van der Waals surface area (Å²) in [5.74, 6) is 0.359. The molecule has 0 atom stereocenters. The van der Waals surface area contributed by atoms with Crippen molar-refractivity contribution in [2.45, 2.75) is 6.92 Å². The zero-order valence-electron chi connectivity index (χ0n) is 7.11. The lowest BCUT2D eigenvalue weighted by molar-refractivity contribution is 0.381. The van der Waals surface area contributed by atoms with E-state index in [1.54, 1.807) is 6.92 Å². The Morgan fingerprint density at radius 2 is 1.77 bits per heavy atom. The van der Waals surface area contributed by atoms with E-state index in [1.807, 2.05) is 30.3 Å². The largest absolute Gasteiger partial charge is 0.519 e. The van der Waals surface area contributed by atoms with E-state index >= 15 is 0 Å². The summed E-state index contributed by atoms with van der Waals surface area (Å²) in [5, 5.41) is 0. The highest BCUT2D eigenvalue weighted by atomic mass is 16.6. The Morgan fingerprint density at radius 1 is 1.08 bits per heavy atom. The summed E-state index contributed by atoms with van der Waals surface area (Å²) in [7, 11) is 0. The monoisotopic (exact) mass is 176 g/mol.